The molecule has 118 valence electrons. The van der Waals surface area contributed by atoms with Crippen LogP contribution in [0.3, 0.4) is 0 Å². The molecule has 1 aliphatic rings. The predicted octanol–water partition coefficient (Wildman–Crippen LogP) is 2.36. The predicted molar refractivity (Wildman–Crippen MR) is 83.1 cm³/mol. The third-order valence-electron chi connectivity index (χ3n) is 4.17. The van der Waals surface area contributed by atoms with E-state index in [9.17, 15) is 5.11 Å². The zero-order chi connectivity index (χ0) is 15.1. The maximum Gasteiger partial charge on any atom is 0.119 e. The Labute approximate surface area is 126 Å². The first-order valence-electron chi connectivity index (χ1n) is 7.95. The Morgan fingerprint density at radius 3 is 2.57 bits per heavy atom. The minimum atomic E-state index is -0.777. The molecule has 1 saturated carbocycles. The van der Waals surface area contributed by atoms with Gasteiger partial charge in [0.1, 0.15) is 18.6 Å². The molecule has 0 heterocycles. The summed E-state index contributed by atoms with van der Waals surface area (Å²) in [5.41, 5.74) is 5.77. The molecule has 0 saturated heterocycles. The standard InChI is InChI=1S/C17H27NO3/c18-16(19)9-8-14-6-5-7-15(12-14)21-13-17(20)10-3-1-2-4-11-17/h5-7,12,16,19-20H,1-4,8-11,13,18H2. The van der Waals surface area contributed by atoms with Gasteiger partial charge in [-0.3, -0.25) is 0 Å². The van der Waals surface area contributed by atoms with Gasteiger partial charge in [-0.2, -0.15) is 0 Å². The van der Waals surface area contributed by atoms with E-state index in [4.69, 9.17) is 15.6 Å². The van der Waals surface area contributed by atoms with Crippen molar-refractivity contribution < 1.29 is 14.9 Å². The van der Waals surface area contributed by atoms with Gasteiger partial charge in [0, 0.05) is 0 Å². The molecule has 1 unspecified atom stereocenters. The Kier molecular flexibility index (Phi) is 6.03. The van der Waals surface area contributed by atoms with Gasteiger partial charge in [0.25, 0.3) is 0 Å². The van der Waals surface area contributed by atoms with E-state index < -0.39 is 11.8 Å². The van der Waals surface area contributed by atoms with E-state index in [-0.39, 0.29) is 0 Å². The van der Waals surface area contributed by atoms with E-state index in [1.54, 1.807) is 0 Å². The highest BCUT2D eigenvalue weighted by molar-refractivity contribution is 5.28. The van der Waals surface area contributed by atoms with Gasteiger partial charge in [0.2, 0.25) is 0 Å². The maximum absolute atomic E-state index is 10.6. The van der Waals surface area contributed by atoms with Crippen molar-refractivity contribution in [2.45, 2.75) is 63.2 Å². The number of aryl methyl sites for hydroxylation is 1. The molecule has 1 aliphatic carbocycles. The number of hydrogen-bond donors (Lipinski definition) is 3. The van der Waals surface area contributed by atoms with Crippen LogP contribution >= 0.6 is 0 Å². The van der Waals surface area contributed by atoms with Crippen molar-refractivity contribution in [3.63, 3.8) is 0 Å². The molecule has 4 N–H and O–H groups in total. The SMILES string of the molecule is NC(O)CCc1cccc(OCC2(O)CCCCCC2)c1. The molecule has 4 nitrogen and oxygen atoms in total. The number of aliphatic hydroxyl groups excluding tert-OH is 1. The van der Waals surface area contributed by atoms with Crippen molar-refractivity contribution in [1.82, 2.24) is 0 Å². The number of benzene rings is 1. The van der Waals surface area contributed by atoms with Crippen molar-refractivity contribution in [2.75, 3.05) is 6.61 Å². The first-order valence-corrected chi connectivity index (χ1v) is 7.95. The van der Waals surface area contributed by atoms with Gasteiger partial charge < -0.3 is 20.7 Å². The molecule has 1 fully saturated rings. The van der Waals surface area contributed by atoms with Crippen LogP contribution in [-0.4, -0.2) is 28.6 Å². The molecule has 1 aromatic carbocycles. The summed E-state index contributed by atoms with van der Waals surface area (Å²) in [4.78, 5) is 0. The first-order chi connectivity index (χ1) is 10.1. The smallest absolute Gasteiger partial charge is 0.119 e. The Bertz CT molecular complexity index is 426. The summed E-state index contributed by atoms with van der Waals surface area (Å²) < 4.78 is 5.81. The summed E-state index contributed by atoms with van der Waals surface area (Å²) in [6.07, 6.45) is 6.70. The Morgan fingerprint density at radius 2 is 1.90 bits per heavy atom. The van der Waals surface area contributed by atoms with E-state index in [1.165, 1.54) is 12.8 Å². The van der Waals surface area contributed by atoms with Crippen LogP contribution in [-0.2, 0) is 6.42 Å². The summed E-state index contributed by atoms with van der Waals surface area (Å²) in [6.45, 7) is 0.357. The maximum atomic E-state index is 10.6. The van der Waals surface area contributed by atoms with Crippen LogP contribution in [0.25, 0.3) is 0 Å². The van der Waals surface area contributed by atoms with Crippen molar-refractivity contribution in [1.29, 1.82) is 0 Å². The quantitative estimate of drug-likeness (QED) is 0.556. The highest BCUT2D eigenvalue weighted by Crippen LogP contribution is 2.28. The molecular formula is C17H27NO3. The number of hydrogen-bond acceptors (Lipinski definition) is 4. The minimum absolute atomic E-state index is 0.357. The summed E-state index contributed by atoms with van der Waals surface area (Å²) in [5.74, 6) is 0.775. The zero-order valence-corrected chi connectivity index (χ0v) is 12.6. The first kappa shape index (κ1) is 16.3. The third kappa shape index (κ3) is 5.65. The molecule has 0 amide bonds. The molecule has 0 spiro atoms. The lowest BCUT2D eigenvalue weighted by Crippen LogP contribution is -2.35. The average molecular weight is 293 g/mol. The Morgan fingerprint density at radius 1 is 1.19 bits per heavy atom. The van der Waals surface area contributed by atoms with E-state index in [0.717, 1.165) is 43.4 Å². The summed E-state index contributed by atoms with van der Waals surface area (Å²) in [5, 5.41) is 19.7. The van der Waals surface area contributed by atoms with Gasteiger partial charge in [-0.25, -0.2) is 0 Å². The van der Waals surface area contributed by atoms with Crippen LogP contribution in [0.5, 0.6) is 5.75 Å². The van der Waals surface area contributed by atoms with Crippen LogP contribution in [0.1, 0.15) is 50.5 Å². The van der Waals surface area contributed by atoms with Gasteiger partial charge in [-0.1, -0.05) is 37.8 Å². The highest BCUT2D eigenvalue weighted by atomic mass is 16.5. The molecule has 1 atom stereocenters. The normalized spacial score (nSPS) is 19.8. The molecule has 0 bridgehead atoms. The molecule has 4 heteroatoms. The van der Waals surface area contributed by atoms with Crippen LogP contribution in [0.2, 0.25) is 0 Å². The van der Waals surface area contributed by atoms with Crippen LogP contribution in [0.4, 0.5) is 0 Å². The summed E-state index contributed by atoms with van der Waals surface area (Å²) in [6, 6.07) is 7.80. The topological polar surface area (TPSA) is 75.7 Å². The zero-order valence-electron chi connectivity index (χ0n) is 12.6. The lowest BCUT2D eigenvalue weighted by molar-refractivity contribution is -0.0173. The van der Waals surface area contributed by atoms with E-state index in [1.807, 2.05) is 24.3 Å². The van der Waals surface area contributed by atoms with E-state index >= 15 is 0 Å². The Hall–Kier alpha value is -1.10. The lowest BCUT2D eigenvalue weighted by Gasteiger charge is -2.26. The highest BCUT2D eigenvalue weighted by Gasteiger charge is 2.28. The molecule has 0 aliphatic heterocycles. The van der Waals surface area contributed by atoms with Gasteiger partial charge >= 0.3 is 0 Å². The van der Waals surface area contributed by atoms with Gasteiger partial charge in [-0.05, 0) is 43.4 Å². The fourth-order valence-corrected chi connectivity index (χ4v) is 2.85. The molecule has 2 rings (SSSR count). The average Bonchev–Trinajstić information content (AvgIpc) is 2.69. The lowest BCUT2D eigenvalue weighted by atomic mass is 9.96. The molecular weight excluding hydrogens is 266 g/mol. The summed E-state index contributed by atoms with van der Waals surface area (Å²) in [7, 11) is 0. The molecule has 0 radical (unpaired) electrons. The monoisotopic (exact) mass is 293 g/mol. The van der Waals surface area contributed by atoms with Crippen LogP contribution in [0.15, 0.2) is 24.3 Å². The van der Waals surface area contributed by atoms with Crippen LogP contribution < -0.4 is 10.5 Å². The number of rotatable bonds is 6. The van der Waals surface area contributed by atoms with Gasteiger partial charge in [-0.15, -0.1) is 0 Å². The Balaban J connectivity index is 1.88. The van der Waals surface area contributed by atoms with Crippen molar-refractivity contribution in [2.24, 2.45) is 5.73 Å². The molecule has 0 aromatic heterocycles. The van der Waals surface area contributed by atoms with E-state index in [2.05, 4.69) is 0 Å². The molecule has 21 heavy (non-hydrogen) atoms. The van der Waals surface area contributed by atoms with E-state index in [0.29, 0.717) is 13.0 Å². The number of ether oxygens (including phenoxy) is 1. The summed E-state index contributed by atoms with van der Waals surface area (Å²) >= 11 is 0. The fourth-order valence-electron chi connectivity index (χ4n) is 2.85. The minimum Gasteiger partial charge on any atom is -0.491 e. The van der Waals surface area contributed by atoms with Crippen molar-refractivity contribution >= 4 is 0 Å². The second-order valence-corrected chi connectivity index (χ2v) is 6.18. The number of nitrogens with two attached hydrogens (primary N) is 1. The third-order valence-corrected chi connectivity index (χ3v) is 4.17. The second-order valence-electron chi connectivity index (χ2n) is 6.18. The largest absolute Gasteiger partial charge is 0.491 e. The fraction of sp³-hybridized carbons (Fsp3) is 0.647. The van der Waals surface area contributed by atoms with Crippen LogP contribution in [0, 0.1) is 0 Å². The molecule has 1 aromatic rings. The number of aliphatic hydroxyl groups is 2. The second kappa shape index (κ2) is 7.78. The van der Waals surface area contributed by atoms with Gasteiger partial charge in [0.05, 0.1) is 5.60 Å². The van der Waals surface area contributed by atoms with Crippen molar-refractivity contribution in [3.8, 4) is 5.75 Å². The van der Waals surface area contributed by atoms with Gasteiger partial charge in [0.15, 0.2) is 0 Å². The van der Waals surface area contributed by atoms with Crippen molar-refractivity contribution in [3.05, 3.63) is 29.8 Å².